The van der Waals surface area contributed by atoms with Crippen molar-refractivity contribution in [3.8, 4) is 0 Å². The smallest absolute Gasteiger partial charge is 0.348 e. The number of carbonyl (C=O) groups is 1. The van der Waals surface area contributed by atoms with Gasteiger partial charge in [-0.2, -0.15) is 0 Å². The van der Waals surface area contributed by atoms with Crippen LogP contribution in [0.3, 0.4) is 0 Å². The van der Waals surface area contributed by atoms with Crippen LogP contribution in [0.1, 0.15) is 25.1 Å². The van der Waals surface area contributed by atoms with E-state index in [0.717, 1.165) is 15.4 Å². The fourth-order valence-electron chi connectivity index (χ4n) is 1.60. The zero-order valence-corrected chi connectivity index (χ0v) is 12.0. The normalized spacial score (nSPS) is 10.6. The van der Waals surface area contributed by atoms with E-state index in [0.29, 0.717) is 11.4 Å². The Bertz CT molecular complexity index is 636. The minimum Gasteiger partial charge on any atom is -0.465 e. The third kappa shape index (κ3) is 2.39. The van der Waals surface area contributed by atoms with Gasteiger partial charge in [-0.3, -0.25) is 9.36 Å². The molecule has 0 fully saturated rings. The highest BCUT2D eigenvalue weighted by Crippen LogP contribution is 2.19. The molecule has 2 heterocycles. The summed E-state index contributed by atoms with van der Waals surface area (Å²) in [6.45, 7) is 4.38. The van der Waals surface area contributed by atoms with E-state index in [2.05, 4.69) is 4.74 Å². The number of thiophene rings is 1. The summed E-state index contributed by atoms with van der Waals surface area (Å²) in [6, 6.07) is 3.58. The summed E-state index contributed by atoms with van der Waals surface area (Å²) in [5, 5.41) is 0. The van der Waals surface area contributed by atoms with Crippen molar-refractivity contribution >= 4 is 28.6 Å². The third-order valence-corrected chi connectivity index (χ3v) is 4.78. The molecule has 0 aliphatic rings. The Morgan fingerprint density at radius 2 is 2.06 bits per heavy atom. The molecule has 0 unspecified atom stereocenters. The van der Waals surface area contributed by atoms with E-state index in [1.54, 1.807) is 10.6 Å². The highest BCUT2D eigenvalue weighted by molar-refractivity contribution is 7.14. The maximum Gasteiger partial charge on any atom is 0.348 e. The predicted molar refractivity (Wildman–Crippen MR) is 72.8 cm³/mol. The van der Waals surface area contributed by atoms with Crippen molar-refractivity contribution in [3.05, 3.63) is 42.1 Å². The molecular weight excluding hydrogens is 270 g/mol. The number of carbonyl (C=O) groups excluding carboxylic acids is 1. The van der Waals surface area contributed by atoms with E-state index in [9.17, 15) is 9.59 Å². The second-order valence-corrected chi connectivity index (χ2v) is 6.19. The second-order valence-electron chi connectivity index (χ2n) is 3.85. The molecular formula is C12H13NO3S2. The van der Waals surface area contributed by atoms with E-state index in [-0.39, 0.29) is 10.8 Å². The maximum atomic E-state index is 11.8. The van der Waals surface area contributed by atoms with Crippen LogP contribution in [-0.4, -0.2) is 17.6 Å². The van der Waals surface area contributed by atoms with Crippen LogP contribution >= 0.6 is 22.7 Å². The molecule has 2 rings (SSSR count). The topological polar surface area (TPSA) is 48.3 Å². The molecule has 0 aliphatic carbocycles. The summed E-state index contributed by atoms with van der Waals surface area (Å²) in [6.07, 6.45) is 0. The highest BCUT2D eigenvalue weighted by atomic mass is 32.1. The second kappa shape index (κ2) is 5.07. The van der Waals surface area contributed by atoms with Gasteiger partial charge in [-0.1, -0.05) is 11.3 Å². The van der Waals surface area contributed by atoms with Gasteiger partial charge in [-0.15, -0.1) is 11.3 Å². The first-order chi connectivity index (χ1) is 8.52. The number of methoxy groups -OCH3 is 1. The lowest BCUT2D eigenvalue weighted by Gasteiger charge is -2.02. The van der Waals surface area contributed by atoms with Gasteiger partial charge in [-0.05, 0) is 26.0 Å². The number of aryl methyl sites for hydroxylation is 1. The van der Waals surface area contributed by atoms with Gasteiger partial charge in [0.2, 0.25) is 0 Å². The van der Waals surface area contributed by atoms with Gasteiger partial charge in [0, 0.05) is 15.4 Å². The molecule has 0 amide bonds. The quantitative estimate of drug-likeness (QED) is 0.813. The lowest BCUT2D eigenvalue weighted by molar-refractivity contribution is 0.0606. The number of ether oxygens (including phenoxy) is 1. The number of rotatable bonds is 3. The number of esters is 1. The molecule has 0 bridgehead atoms. The first-order valence-electron chi connectivity index (χ1n) is 5.36. The van der Waals surface area contributed by atoms with Gasteiger partial charge in [-0.25, -0.2) is 4.79 Å². The van der Waals surface area contributed by atoms with E-state index < -0.39 is 0 Å². The maximum absolute atomic E-state index is 11.8. The fourth-order valence-corrected chi connectivity index (χ4v) is 3.35. The Balaban J connectivity index is 2.27. The molecule has 0 aromatic carbocycles. The first kappa shape index (κ1) is 13.0. The Morgan fingerprint density at radius 3 is 2.61 bits per heavy atom. The van der Waals surface area contributed by atoms with Crippen LogP contribution in [0.4, 0.5) is 0 Å². The van der Waals surface area contributed by atoms with Gasteiger partial charge in [0.1, 0.15) is 4.88 Å². The Morgan fingerprint density at radius 1 is 1.33 bits per heavy atom. The largest absolute Gasteiger partial charge is 0.465 e. The Labute approximate surface area is 112 Å². The van der Waals surface area contributed by atoms with Crippen LogP contribution in [0.25, 0.3) is 0 Å². The van der Waals surface area contributed by atoms with Crippen molar-refractivity contribution in [1.29, 1.82) is 0 Å². The minimum absolute atomic E-state index is 0.0398. The monoisotopic (exact) mass is 283 g/mol. The van der Waals surface area contributed by atoms with Crippen molar-refractivity contribution in [2.24, 2.45) is 0 Å². The van der Waals surface area contributed by atoms with Crippen LogP contribution < -0.4 is 4.87 Å². The molecule has 2 aromatic rings. The lowest BCUT2D eigenvalue weighted by Crippen LogP contribution is -2.14. The van der Waals surface area contributed by atoms with E-state index in [1.165, 1.54) is 29.8 Å². The molecule has 6 heteroatoms. The summed E-state index contributed by atoms with van der Waals surface area (Å²) in [4.78, 5) is 25.7. The van der Waals surface area contributed by atoms with E-state index in [1.807, 2.05) is 19.9 Å². The lowest BCUT2D eigenvalue weighted by atomic mass is 10.4. The number of hydrogen-bond donors (Lipinski definition) is 0. The summed E-state index contributed by atoms with van der Waals surface area (Å²) in [5.74, 6) is -0.336. The molecule has 0 atom stereocenters. The number of aromatic nitrogens is 1. The molecule has 0 saturated heterocycles. The molecule has 0 saturated carbocycles. The van der Waals surface area contributed by atoms with Gasteiger partial charge < -0.3 is 4.74 Å². The first-order valence-corrected chi connectivity index (χ1v) is 7.00. The SMILES string of the molecule is COC(=O)c1ccc(Cn2c(C)c(C)sc2=O)s1. The highest BCUT2D eigenvalue weighted by Gasteiger charge is 2.12. The summed E-state index contributed by atoms with van der Waals surface area (Å²) in [7, 11) is 1.36. The number of nitrogens with zero attached hydrogens (tertiary/aromatic N) is 1. The Hall–Kier alpha value is -1.40. The molecule has 0 N–H and O–H groups in total. The zero-order chi connectivity index (χ0) is 13.3. The van der Waals surface area contributed by atoms with Crippen molar-refractivity contribution in [2.75, 3.05) is 7.11 Å². The van der Waals surface area contributed by atoms with E-state index >= 15 is 0 Å². The van der Waals surface area contributed by atoms with Crippen molar-refractivity contribution in [1.82, 2.24) is 4.57 Å². The molecule has 0 aliphatic heterocycles. The van der Waals surface area contributed by atoms with Crippen LogP contribution in [-0.2, 0) is 11.3 Å². The van der Waals surface area contributed by atoms with Crippen LogP contribution in [0.5, 0.6) is 0 Å². The summed E-state index contributed by atoms with van der Waals surface area (Å²) < 4.78 is 6.39. The van der Waals surface area contributed by atoms with Crippen LogP contribution in [0, 0.1) is 13.8 Å². The van der Waals surface area contributed by atoms with Crippen molar-refractivity contribution in [2.45, 2.75) is 20.4 Å². The van der Waals surface area contributed by atoms with Crippen molar-refractivity contribution in [3.63, 3.8) is 0 Å². The van der Waals surface area contributed by atoms with Crippen LogP contribution in [0.15, 0.2) is 16.9 Å². The average molecular weight is 283 g/mol. The average Bonchev–Trinajstić information content (AvgIpc) is 2.90. The molecule has 0 radical (unpaired) electrons. The van der Waals surface area contributed by atoms with E-state index in [4.69, 9.17) is 0 Å². The summed E-state index contributed by atoms with van der Waals surface area (Å²) in [5.41, 5.74) is 0.984. The number of hydrogen-bond acceptors (Lipinski definition) is 5. The molecule has 96 valence electrons. The summed E-state index contributed by atoms with van der Waals surface area (Å²) >= 11 is 2.61. The fraction of sp³-hybridized carbons (Fsp3) is 0.333. The number of thiazole rings is 1. The van der Waals surface area contributed by atoms with Gasteiger partial charge in [0.05, 0.1) is 13.7 Å². The van der Waals surface area contributed by atoms with Gasteiger partial charge in [0.25, 0.3) is 0 Å². The van der Waals surface area contributed by atoms with Crippen LogP contribution in [0.2, 0.25) is 0 Å². The molecule has 2 aromatic heterocycles. The predicted octanol–water partition coefficient (Wildman–Crippen LogP) is 2.42. The zero-order valence-electron chi connectivity index (χ0n) is 10.4. The van der Waals surface area contributed by atoms with Gasteiger partial charge >= 0.3 is 10.8 Å². The Kier molecular flexibility index (Phi) is 3.68. The standard InChI is InChI=1S/C12H13NO3S2/c1-7-8(2)17-12(15)13(7)6-9-4-5-10(18-9)11(14)16-3/h4-5H,6H2,1-3H3. The van der Waals surface area contributed by atoms with Gasteiger partial charge in [0.15, 0.2) is 0 Å². The van der Waals surface area contributed by atoms with Crippen molar-refractivity contribution < 1.29 is 9.53 Å². The minimum atomic E-state index is -0.336. The molecule has 0 spiro atoms. The third-order valence-electron chi connectivity index (χ3n) is 2.74. The molecule has 4 nitrogen and oxygen atoms in total. The molecule has 18 heavy (non-hydrogen) atoms.